The number of fused-ring (bicyclic) bond motifs is 1. The summed E-state index contributed by atoms with van der Waals surface area (Å²) < 4.78 is 16.9. The predicted octanol–water partition coefficient (Wildman–Crippen LogP) is 4.54. The summed E-state index contributed by atoms with van der Waals surface area (Å²) in [5.74, 6) is 2.58. The number of hydrogen-bond donors (Lipinski definition) is 0. The summed E-state index contributed by atoms with van der Waals surface area (Å²) in [4.78, 5) is 14.8. The predicted molar refractivity (Wildman–Crippen MR) is 116 cm³/mol. The Morgan fingerprint density at radius 3 is 2.50 bits per heavy atom. The summed E-state index contributed by atoms with van der Waals surface area (Å²) in [5, 5.41) is 0. The molecule has 0 N–H and O–H groups in total. The molecule has 1 fully saturated rings. The van der Waals surface area contributed by atoms with E-state index < -0.39 is 0 Å². The number of benzene rings is 2. The van der Waals surface area contributed by atoms with E-state index in [4.69, 9.17) is 14.2 Å². The molecule has 0 radical (unpaired) electrons. The normalized spacial score (nSPS) is 16.3. The van der Waals surface area contributed by atoms with Crippen LogP contribution in [0.4, 0.5) is 0 Å². The molecular weight excluding hydrogens is 378 g/mol. The van der Waals surface area contributed by atoms with E-state index in [0.717, 1.165) is 54.9 Å². The van der Waals surface area contributed by atoms with Gasteiger partial charge in [-0.15, -0.1) is 0 Å². The summed E-state index contributed by atoms with van der Waals surface area (Å²) in [6.45, 7) is 1.37. The highest BCUT2D eigenvalue weighted by Crippen LogP contribution is 2.33. The minimum absolute atomic E-state index is 0.192. The molecule has 4 rings (SSSR count). The second-order valence-electron chi connectivity index (χ2n) is 8.21. The zero-order valence-corrected chi connectivity index (χ0v) is 18.0. The fraction of sp³-hybridized carbons (Fsp3) is 0.480. The molecule has 2 aromatic carbocycles. The van der Waals surface area contributed by atoms with Crippen LogP contribution in [0.5, 0.6) is 17.2 Å². The fourth-order valence-electron chi connectivity index (χ4n) is 4.48. The van der Waals surface area contributed by atoms with Crippen molar-refractivity contribution in [2.24, 2.45) is 0 Å². The molecule has 5 nitrogen and oxygen atoms in total. The Hall–Kier alpha value is -2.69. The van der Waals surface area contributed by atoms with Crippen LogP contribution in [0.25, 0.3) is 0 Å². The van der Waals surface area contributed by atoms with Gasteiger partial charge in [-0.3, -0.25) is 4.79 Å². The monoisotopic (exact) mass is 409 g/mol. The maximum absolute atomic E-state index is 12.9. The topological polar surface area (TPSA) is 48.0 Å². The first-order chi connectivity index (χ1) is 14.7. The lowest BCUT2D eigenvalue weighted by atomic mass is 9.98. The maximum atomic E-state index is 12.9. The van der Waals surface area contributed by atoms with E-state index in [1.165, 1.54) is 18.4 Å². The summed E-state index contributed by atoms with van der Waals surface area (Å²) in [6, 6.07) is 12.3. The van der Waals surface area contributed by atoms with Crippen molar-refractivity contribution in [3.63, 3.8) is 0 Å². The van der Waals surface area contributed by atoms with Gasteiger partial charge in [0.05, 0.1) is 20.3 Å². The third kappa shape index (κ3) is 4.72. The van der Waals surface area contributed by atoms with Gasteiger partial charge in [-0.1, -0.05) is 12.1 Å². The Morgan fingerprint density at radius 2 is 1.77 bits per heavy atom. The Balaban J connectivity index is 1.35. The molecule has 0 spiro atoms. The lowest BCUT2D eigenvalue weighted by molar-refractivity contribution is -0.132. The summed E-state index contributed by atoms with van der Waals surface area (Å²) in [6.07, 6.45) is 7.25. The number of carbonyl (C=O) groups excluding carboxylic acids is 1. The van der Waals surface area contributed by atoms with Crippen molar-refractivity contribution >= 4 is 5.91 Å². The van der Waals surface area contributed by atoms with Crippen molar-refractivity contribution in [3.8, 4) is 17.2 Å². The van der Waals surface area contributed by atoms with Gasteiger partial charge in [0.1, 0.15) is 5.75 Å². The largest absolute Gasteiger partial charge is 0.493 e. The lowest BCUT2D eigenvalue weighted by Gasteiger charge is -2.29. The summed E-state index contributed by atoms with van der Waals surface area (Å²) in [5.41, 5.74) is 3.52. The van der Waals surface area contributed by atoms with Crippen molar-refractivity contribution in [3.05, 3.63) is 53.1 Å². The van der Waals surface area contributed by atoms with Crippen LogP contribution in [-0.4, -0.2) is 37.7 Å². The standard InChI is InChI=1S/C25H31NO4/c1-28-23-15-19-12-13-26(17-20(19)16-24(23)29-2)25(27)11-10-18-6-5-9-22(14-18)30-21-7-3-4-8-21/h5-6,9,14-16,21H,3-4,7-8,10-13,17H2,1-2H3. The van der Waals surface area contributed by atoms with Gasteiger partial charge >= 0.3 is 0 Å². The molecule has 1 saturated carbocycles. The molecule has 2 aromatic rings. The third-order valence-corrected chi connectivity index (χ3v) is 6.20. The first-order valence-electron chi connectivity index (χ1n) is 10.9. The molecule has 0 atom stereocenters. The van der Waals surface area contributed by atoms with Crippen molar-refractivity contribution < 1.29 is 19.0 Å². The number of carbonyl (C=O) groups is 1. The Kier molecular flexibility index (Phi) is 6.46. The molecule has 0 aromatic heterocycles. The minimum Gasteiger partial charge on any atom is -0.493 e. The van der Waals surface area contributed by atoms with Crippen molar-refractivity contribution in [2.45, 2.75) is 57.6 Å². The summed E-state index contributed by atoms with van der Waals surface area (Å²) >= 11 is 0. The lowest BCUT2D eigenvalue weighted by Crippen LogP contribution is -2.36. The second kappa shape index (κ2) is 9.41. The molecule has 1 amide bonds. The SMILES string of the molecule is COc1cc2c(cc1OC)CN(C(=O)CCc1cccc(OC3CCCC3)c1)CC2. The maximum Gasteiger partial charge on any atom is 0.223 e. The molecule has 0 bridgehead atoms. The molecule has 0 saturated heterocycles. The molecule has 160 valence electrons. The van der Waals surface area contributed by atoms with Gasteiger partial charge in [0, 0.05) is 19.5 Å². The average molecular weight is 410 g/mol. The highest BCUT2D eigenvalue weighted by Gasteiger charge is 2.23. The summed E-state index contributed by atoms with van der Waals surface area (Å²) in [7, 11) is 3.29. The van der Waals surface area contributed by atoms with Crippen molar-refractivity contribution in [1.82, 2.24) is 4.90 Å². The van der Waals surface area contributed by atoms with Gasteiger partial charge in [-0.25, -0.2) is 0 Å². The molecule has 1 aliphatic heterocycles. The van der Waals surface area contributed by atoms with Crippen LogP contribution >= 0.6 is 0 Å². The quantitative estimate of drug-likeness (QED) is 0.674. The number of ether oxygens (including phenoxy) is 3. The third-order valence-electron chi connectivity index (χ3n) is 6.20. The zero-order valence-electron chi connectivity index (χ0n) is 18.0. The molecule has 30 heavy (non-hydrogen) atoms. The molecule has 5 heteroatoms. The first-order valence-corrected chi connectivity index (χ1v) is 10.9. The highest BCUT2D eigenvalue weighted by atomic mass is 16.5. The molecule has 1 aliphatic carbocycles. The van der Waals surface area contributed by atoms with Gasteiger partial charge in [0.2, 0.25) is 5.91 Å². The van der Waals surface area contributed by atoms with Gasteiger partial charge in [0.15, 0.2) is 11.5 Å². The van der Waals surface area contributed by atoms with E-state index in [1.54, 1.807) is 14.2 Å². The number of amides is 1. The number of hydrogen-bond acceptors (Lipinski definition) is 4. The van der Waals surface area contributed by atoms with Crippen molar-refractivity contribution in [1.29, 1.82) is 0 Å². The van der Waals surface area contributed by atoms with E-state index >= 15 is 0 Å². The van der Waals surface area contributed by atoms with Crippen LogP contribution in [0.3, 0.4) is 0 Å². The Bertz CT molecular complexity index is 889. The fourth-order valence-corrected chi connectivity index (χ4v) is 4.48. The van der Waals surface area contributed by atoms with Crippen LogP contribution in [0.15, 0.2) is 36.4 Å². The molecule has 1 heterocycles. The number of methoxy groups -OCH3 is 2. The van der Waals surface area contributed by atoms with Crippen LogP contribution in [0, 0.1) is 0 Å². The minimum atomic E-state index is 0.192. The van der Waals surface area contributed by atoms with Crippen LogP contribution < -0.4 is 14.2 Å². The van der Waals surface area contributed by atoms with E-state index in [0.29, 0.717) is 24.8 Å². The van der Waals surface area contributed by atoms with E-state index in [-0.39, 0.29) is 5.91 Å². The number of rotatable bonds is 7. The van der Waals surface area contributed by atoms with E-state index in [2.05, 4.69) is 12.1 Å². The second-order valence-corrected chi connectivity index (χ2v) is 8.21. The number of aryl methyl sites for hydroxylation is 1. The Labute approximate surface area is 178 Å². The average Bonchev–Trinajstić information content (AvgIpc) is 3.29. The van der Waals surface area contributed by atoms with E-state index in [9.17, 15) is 4.79 Å². The van der Waals surface area contributed by atoms with Gasteiger partial charge in [0.25, 0.3) is 0 Å². The number of nitrogens with zero attached hydrogens (tertiary/aromatic N) is 1. The smallest absolute Gasteiger partial charge is 0.223 e. The zero-order chi connectivity index (χ0) is 20.9. The van der Waals surface area contributed by atoms with Gasteiger partial charge in [-0.05, 0) is 79.5 Å². The van der Waals surface area contributed by atoms with Crippen LogP contribution in [-0.2, 0) is 24.2 Å². The van der Waals surface area contributed by atoms with Gasteiger partial charge in [-0.2, -0.15) is 0 Å². The molecule has 0 unspecified atom stereocenters. The van der Waals surface area contributed by atoms with Crippen LogP contribution in [0.1, 0.15) is 48.8 Å². The molecular formula is C25H31NO4. The first kappa shape index (κ1) is 20.6. The van der Waals surface area contributed by atoms with E-state index in [1.807, 2.05) is 29.2 Å². The highest BCUT2D eigenvalue weighted by molar-refractivity contribution is 5.77. The Morgan fingerprint density at radius 1 is 1.03 bits per heavy atom. The van der Waals surface area contributed by atoms with Crippen molar-refractivity contribution in [2.75, 3.05) is 20.8 Å². The molecule has 2 aliphatic rings. The van der Waals surface area contributed by atoms with Gasteiger partial charge < -0.3 is 19.1 Å². The van der Waals surface area contributed by atoms with Crippen LogP contribution in [0.2, 0.25) is 0 Å².